The van der Waals surface area contributed by atoms with Gasteiger partial charge in [0, 0.05) is 18.2 Å². The zero-order valence-corrected chi connectivity index (χ0v) is 15.9. The van der Waals surface area contributed by atoms with Crippen molar-refractivity contribution in [3.8, 4) is 17.2 Å². The molecule has 0 unspecified atom stereocenters. The number of methoxy groups -OCH3 is 3. The number of anilines is 1. The predicted octanol–water partition coefficient (Wildman–Crippen LogP) is 4.66. The molecule has 0 atom stereocenters. The van der Waals surface area contributed by atoms with Crippen molar-refractivity contribution in [1.29, 1.82) is 0 Å². The zero-order valence-electron chi connectivity index (χ0n) is 15.1. The average molecular weight is 370 g/mol. The van der Waals surface area contributed by atoms with Gasteiger partial charge in [0.15, 0.2) is 5.17 Å². The Balaban J connectivity index is 1.79. The van der Waals surface area contributed by atoms with E-state index in [1.54, 1.807) is 33.1 Å². The number of thioether (sulfide) groups is 1. The molecular formula is C20H22N2O3S. The van der Waals surface area contributed by atoms with Crippen LogP contribution in [0.2, 0.25) is 0 Å². The Morgan fingerprint density at radius 3 is 2.54 bits per heavy atom. The van der Waals surface area contributed by atoms with Crippen molar-refractivity contribution in [3.63, 3.8) is 0 Å². The maximum Gasteiger partial charge on any atom is 0.165 e. The van der Waals surface area contributed by atoms with Crippen molar-refractivity contribution in [1.82, 2.24) is 0 Å². The van der Waals surface area contributed by atoms with Crippen molar-refractivity contribution >= 4 is 28.2 Å². The Kier molecular flexibility index (Phi) is 6.07. The standard InChI is InChI=1S/C20H22N2O3S/c1-23-15-8-9-16(19(12-15)25-3)14-10-11-21-20(26-13-14)22-17-6-4-5-7-18(17)24-2/h4-9,12-13H,10-11H2,1-3H3,(H,21,22). The molecule has 0 saturated carbocycles. The number of rotatable bonds is 5. The van der Waals surface area contributed by atoms with Gasteiger partial charge >= 0.3 is 0 Å². The van der Waals surface area contributed by atoms with Gasteiger partial charge < -0.3 is 19.5 Å². The smallest absolute Gasteiger partial charge is 0.165 e. The fourth-order valence-corrected chi connectivity index (χ4v) is 3.53. The largest absolute Gasteiger partial charge is 0.497 e. The number of amidine groups is 1. The molecule has 1 heterocycles. The molecule has 1 aliphatic heterocycles. The highest BCUT2D eigenvalue weighted by atomic mass is 32.2. The van der Waals surface area contributed by atoms with Gasteiger partial charge in [0.2, 0.25) is 0 Å². The molecule has 0 aliphatic carbocycles. The third-order valence-corrected chi connectivity index (χ3v) is 4.91. The molecule has 0 saturated heterocycles. The third kappa shape index (κ3) is 4.14. The molecule has 0 bridgehead atoms. The first-order valence-corrected chi connectivity index (χ1v) is 9.15. The second-order valence-electron chi connectivity index (χ2n) is 5.59. The summed E-state index contributed by atoms with van der Waals surface area (Å²) in [5.74, 6) is 2.38. The number of hydrogen-bond donors (Lipinski definition) is 1. The van der Waals surface area contributed by atoms with Crippen molar-refractivity contribution in [2.24, 2.45) is 4.99 Å². The summed E-state index contributed by atoms with van der Waals surface area (Å²) in [6.07, 6.45) is 0.840. The summed E-state index contributed by atoms with van der Waals surface area (Å²) >= 11 is 1.56. The zero-order chi connectivity index (χ0) is 18.4. The molecule has 0 fully saturated rings. The second-order valence-corrected chi connectivity index (χ2v) is 6.45. The molecule has 0 spiro atoms. The normalized spacial score (nSPS) is 14.0. The molecular weight excluding hydrogens is 348 g/mol. The number of ether oxygens (including phenoxy) is 3. The molecule has 6 heteroatoms. The molecule has 1 aliphatic rings. The number of aliphatic imine (C=N–C) groups is 1. The van der Waals surface area contributed by atoms with E-state index in [-0.39, 0.29) is 0 Å². The van der Waals surface area contributed by atoms with Gasteiger partial charge in [-0.25, -0.2) is 0 Å². The minimum Gasteiger partial charge on any atom is -0.497 e. The van der Waals surface area contributed by atoms with Crippen molar-refractivity contribution in [2.45, 2.75) is 6.42 Å². The van der Waals surface area contributed by atoms with Crippen LogP contribution in [0, 0.1) is 0 Å². The first-order valence-electron chi connectivity index (χ1n) is 8.27. The maximum absolute atomic E-state index is 5.53. The minimum atomic E-state index is 0.700. The molecule has 26 heavy (non-hydrogen) atoms. The summed E-state index contributed by atoms with van der Waals surface area (Å²) in [4.78, 5) is 4.65. The van der Waals surface area contributed by atoms with Crippen LogP contribution in [0.1, 0.15) is 12.0 Å². The van der Waals surface area contributed by atoms with Gasteiger partial charge in [0.05, 0.1) is 27.0 Å². The van der Waals surface area contributed by atoms with E-state index >= 15 is 0 Å². The minimum absolute atomic E-state index is 0.700. The molecule has 5 nitrogen and oxygen atoms in total. The van der Waals surface area contributed by atoms with Crippen LogP contribution in [0.15, 0.2) is 52.9 Å². The summed E-state index contributed by atoms with van der Waals surface area (Å²) in [5.41, 5.74) is 3.16. The number of para-hydroxylation sites is 2. The summed E-state index contributed by atoms with van der Waals surface area (Å²) in [7, 11) is 4.99. The van der Waals surface area contributed by atoms with Crippen LogP contribution in [-0.4, -0.2) is 33.0 Å². The van der Waals surface area contributed by atoms with E-state index in [0.29, 0.717) is 6.54 Å². The van der Waals surface area contributed by atoms with Crippen LogP contribution >= 0.6 is 11.8 Å². The maximum atomic E-state index is 5.53. The molecule has 0 amide bonds. The van der Waals surface area contributed by atoms with E-state index in [0.717, 1.165) is 40.1 Å². The first-order chi connectivity index (χ1) is 12.7. The lowest BCUT2D eigenvalue weighted by atomic mass is 10.0. The van der Waals surface area contributed by atoms with E-state index in [1.807, 2.05) is 42.5 Å². The van der Waals surface area contributed by atoms with Gasteiger partial charge in [-0.05, 0) is 41.7 Å². The Labute approximate surface area is 158 Å². The van der Waals surface area contributed by atoms with Crippen molar-refractivity contribution in [2.75, 3.05) is 33.2 Å². The summed E-state index contributed by atoms with van der Waals surface area (Å²) in [6, 6.07) is 13.7. The quantitative estimate of drug-likeness (QED) is 0.830. The molecule has 0 radical (unpaired) electrons. The molecule has 2 aromatic carbocycles. The van der Waals surface area contributed by atoms with Crippen LogP contribution in [0.25, 0.3) is 5.57 Å². The van der Waals surface area contributed by atoms with Gasteiger partial charge in [0.25, 0.3) is 0 Å². The Morgan fingerprint density at radius 1 is 0.962 bits per heavy atom. The lowest BCUT2D eigenvalue weighted by molar-refractivity contribution is 0.393. The summed E-state index contributed by atoms with van der Waals surface area (Å²) < 4.78 is 16.2. The summed E-state index contributed by atoms with van der Waals surface area (Å²) in [6.45, 7) is 0.700. The van der Waals surface area contributed by atoms with Gasteiger partial charge in [-0.2, -0.15) is 0 Å². The number of nitrogens with one attached hydrogen (secondary N) is 1. The third-order valence-electron chi connectivity index (χ3n) is 4.05. The van der Waals surface area contributed by atoms with E-state index < -0.39 is 0 Å². The molecule has 136 valence electrons. The van der Waals surface area contributed by atoms with Crippen molar-refractivity contribution < 1.29 is 14.2 Å². The Hall–Kier alpha value is -2.60. The fourth-order valence-electron chi connectivity index (χ4n) is 2.70. The fraction of sp³-hybridized carbons (Fsp3) is 0.250. The Morgan fingerprint density at radius 2 is 1.77 bits per heavy atom. The van der Waals surface area contributed by atoms with Gasteiger partial charge in [0.1, 0.15) is 17.2 Å². The van der Waals surface area contributed by atoms with Gasteiger partial charge in [-0.3, -0.25) is 4.99 Å². The average Bonchev–Trinajstić information content (AvgIpc) is 2.93. The topological polar surface area (TPSA) is 52.1 Å². The van der Waals surface area contributed by atoms with E-state index in [2.05, 4.69) is 15.7 Å². The SMILES string of the molecule is COc1ccc(C2=CSC(Nc3ccccc3OC)=NCC2)c(OC)c1. The van der Waals surface area contributed by atoms with Crippen LogP contribution in [-0.2, 0) is 0 Å². The van der Waals surface area contributed by atoms with E-state index in [1.165, 1.54) is 5.57 Å². The van der Waals surface area contributed by atoms with E-state index in [9.17, 15) is 0 Å². The highest BCUT2D eigenvalue weighted by Crippen LogP contribution is 2.35. The monoisotopic (exact) mass is 370 g/mol. The molecule has 0 aromatic heterocycles. The van der Waals surface area contributed by atoms with Gasteiger partial charge in [-0.15, -0.1) is 0 Å². The predicted molar refractivity (Wildman–Crippen MR) is 109 cm³/mol. The van der Waals surface area contributed by atoms with Crippen LogP contribution < -0.4 is 19.5 Å². The van der Waals surface area contributed by atoms with Crippen LogP contribution in [0.5, 0.6) is 17.2 Å². The molecule has 3 rings (SSSR count). The first kappa shape index (κ1) is 18.2. The number of nitrogens with zero attached hydrogens (tertiary/aromatic N) is 1. The summed E-state index contributed by atoms with van der Waals surface area (Å²) in [5, 5.41) is 6.32. The highest BCUT2D eigenvalue weighted by molar-refractivity contribution is 8.16. The van der Waals surface area contributed by atoms with E-state index in [4.69, 9.17) is 14.2 Å². The molecule has 2 aromatic rings. The highest BCUT2D eigenvalue weighted by Gasteiger charge is 2.14. The van der Waals surface area contributed by atoms with Crippen LogP contribution in [0.4, 0.5) is 5.69 Å². The van der Waals surface area contributed by atoms with Crippen molar-refractivity contribution in [3.05, 3.63) is 53.4 Å². The lowest BCUT2D eigenvalue weighted by Gasteiger charge is -2.12. The second kappa shape index (κ2) is 8.67. The molecule has 1 N–H and O–H groups in total. The number of hydrogen-bond acceptors (Lipinski definition) is 6. The Bertz CT molecular complexity index is 834. The van der Waals surface area contributed by atoms with Crippen LogP contribution in [0.3, 0.4) is 0 Å². The van der Waals surface area contributed by atoms with Gasteiger partial charge in [-0.1, -0.05) is 23.9 Å². The lowest BCUT2D eigenvalue weighted by Crippen LogP contribution is -2.08. The number of benzene rings is 2.